The minimum absolute atomic E-state index is 0.133. The largest absolute Gasteiger partial charge is 0.350 e. The lowest BCUT2D eigenvalue weighted by atomic mass is 9.81. The molecule has 1 atom stereocenters. The van der Waals surface area contributed by atoms with Crippen LogP contribution in [-0.2, 0) is 13.0 Å². The van der Waals surface area contributed by atoms with Gasteiger partial charge in [0.25, 0.3) is 0 Å². The van der Waals surface area contributed by atoms with E-state index in [1.54, 1.807) is 6.20 Å². The van der Waals surface area contributed by atoms with E-state index in [1.807, 2.05) is 30.3 Å². The Kier molecular flexibility index (Phi) is 4.48. The summed E-state index contributed by atoms with van der Waals surface area (Å²) in [5.41, 5.74) is 5.15. The maximum atomic E-state index is 12.6. The highest BCUT2D eigenvalue weighted by molar-refractivity contribution is 5.98. The van der Waals surface area contributed by atoms with E-state index in [0.717, 1.165) is 12.1 Å². The number of nitrogens with zero attached hydrogens (tertiary/aromatic N) is 2. The zero-order valence-electron chi connectivity index (χ0n) is 14.8. The van der Waals surface area contributed by atoms with Gasteiger partial charge in [-0.2, -0.15) is 0 Å². The van der Waals surface area contributed by atoms with Gasteiger partial charge in [0.1, 0.15) is 0 Å². The molecule has 0 radical (unpaired) electrons. The number of carbonyl (C=O) groups is 1. The summed E-state index contributed by atoms with van der Waals surface area (Å²) in [6.45, 7) is 2.76. The van der Waals surface area contributed by atoms with Crippen molar-refractivity contribution in [3.63, 3.8) is 0 Å². The number of hydrogen-bond donors (Lipinski definition) is 1. The molecular formula is C22H21N3O. The quantitative estimate of drug-likeness (QED) is 0.767. The molecular weight excluding hydrogens is 322 g/mol. The topological polar surface area (TPSA) is 54.9 Å². The van der Waals surface area contributed by atoms with Crippen LogP contribution in [-0.4, -0.2) is 15.8 Å². The fraction of sp³-hybridized carbons (Fsp3) is 0.227. The molecule has 1 aliphatic rings. The summed E-state index contributed by atoms with van der Waals surface area (Å²) in [6.07, 6.45) is 2.97. The SMILES string of the molecule is Cc1ccccc1[C@H]1CC(=O)c2cnc(NCc3ccccc3)nc2C1. The van der Waals surface area contributed by atoms with Gasteiger partial charge >= 0.3 is 0 Å². The first-order valence-corrected chi connectivity index (χ1v) is 8.93. The number of anilines is 1. The first kappa shape index (κ1) is 16.5. The van der Waals surface area contributed by atoms with Gasteiger partial charge in [0.2, 0.25) is 5.95 Å². The van der Waals surface area contributed by atoms with Gasteiger partial charge in [0.15, 0.2) is 5.78 Å². The minimum atomic E-state index is 0.133. The van der Waals surface area contributed by atoms with Gasteiger partial charge in [0, 0.05) is 19.2 Å². The van der Waals surface area contributed by atoms with E-state index in [2.05, 4.69) is 46.5 Å². The Morgan fingerprint density at radius 1 is 1.04 bits per heavy atom. The predicted molar refractivity (Wildman–Crippen MR) is 102 cm³/mol. The summed E-state index contributed by atoms with van der Waals surface area (Å²) < 4.78 is 0. The molecule has 0 spiro atoms. The Hall–Kier alpha value is -3.01. The van der Waals surface area contributed by atoms with Crippen LogP contribution in [0.3, 0.4) is 0 Å². The van der Waals surface area contributed by atoms with Crippen molar-refractivity contribution in [2.75, 3.05) is 5.32 Å². The summed E-state index contributed by atoms with van der Waals surface area (Å²) >= 11 is 0. The van der Waals surface area contributed by atoms with E-state index in [1.165, 1.54) is 16.7 Å². The van der Waals surface area contributed by atoms with Gasteiger partial charge in [-0.3, -0.25) is 4.79 Å². The summed E-state index contributed by atoms with van der Waals surface area (Å²) in [5, 5.41) is 3.26. The molecule has 4 rings (SSSR count). The molecule has 0 saturated heterocycles. The molecule has 4 heteroatoms. The smallest absolute Gasteiger partial charge is 0.223 e. The molecule has 1 aromatic heterocycles. The van der Waals surface area contributed by atoms with Crippen LogP contribution >= 0.6 is 0 Å². The average Bonchev–Trinajstić information content (AvgIpc) is 2.67. The summed E-state index contributed by atoms with van der Waals surface area (Å²) in [6, 6.07) is 18.4. The third-order valence-electron chi connectivity index (χ3n) is 4.96. The lowest BCUT2D eigenvalue weighted by molar-refractivity contribution is 0.0962. The Balaban J connectivity index is 1.56. The van der Waals surface area contributed by atoms with Crippen molar-refractivity contribution in [2.24, 2.45) is 0 Å². The van der Waals surface area contributed by atoms with E-state index >= 15 is 0 Å². The first-order chi connectivity index (χ1) is 12.7. The predicted octanol–water partition coefficient (Wildman–Crippen LogP) is 4.31. The number of carbonyl (C=O) groups excluding carboxylic acids is 1. The first-order valence-electron chi connectivity index (χ1n) is 8.93. The van der Waals surface area contributed by atoms with Gasteiger partial charge in [-0.25, -0.2) is 9.97 Å². The second-order valence-corrected chi connectivity index (χ2v) is 6.78. The van der Waals surface area contributed by atoms with Crippen molar-refractivity contribution in [3.8, 4) is 0 Å². The van der Waals surface area contributed by atoms with E-state index in [9.17, 15) is 4.79 Å². The molecule has 2 aromatic carbocycles. The average molecular weight is 343 g/mol. The van der Waals surface area contributed by atoms with E-state index < -0.39 is 0 Å². The highest BCUT2D eigenvalue weighted by atomic mass is 16.1. The van der Waals surface area contributed by atoms with E-state index in [-0.39, 0.29) is 11.7 Å². The Morgan fingerprint density at radius 2 is 1.81 bits per heavy atom. The fourth-order valence-electron chi connectivity index (χ4n) is 3.57. The Labute approximate surface area is 153 Å². The van der Waals surface area contributed by atoms with E-state index in [0.29, 0.717) is 24.5 Å². The molecule has 3 aromatic rings. The number of nitrogens with one attached hydrogen (secondary N) is 1. The Bertz CT molecular complexity index is 937. The lowest BCUT2D eigenvalue weighted by Gasteiger charge is -2.24. The van der Waals surface area contributed by atoms with Crippen molar-refractivity contribution in [1.29, 1.82) is 0 Å². The minimum Gasteiger partial charge on any atom is -0.350 e. The molecule has 1 aliphatic carbocycles. The molecule has 0 saturated carbocycles. The third-order valence-corrected chi connectivity index (χ3v) is 4.96. The number of benzene rings is 2. The van der Waals surface area contributed by atoms with Gasteiger partial charge in [-0.05, 0) is 36.0 Å². The second-order valence-electron chi connectivity index (χ2n) is 6.78. The number of rotatable bonds is 4. The number of Topliss-reactive ketones (excluding diaryl/α,β-unsaturated/α-hetero) is 1. The maximum Gasteiger partial charge on any atom is 0.223 e. The monoisotopic (exact) mass is 343 g/mol. The molecule has 26 heavy (non-hydrogen) atoms. The van der Waals surface area contributed by atoms with Gasteiger partial charge in [-0.1, -0.05) is 54.6 Å². The Morgan fingerprint density at radius 3 is 2.62 bits per heavy atom. The second kappa shape index (κ2) is 7.08. The number of ketones is 1. The molecule has 0 amide bonds. The zero-order chi connectivity index (χ0) is 17.9. The van der Waals surface area contributed by atoms with Gasteiger partial charge < -0.3 is 5.32 Å². The summed E-state index contributed by atoms with van der Waals surface area (Å²) in [7, 11) is 0. The lowest BCUT2D eigenvalue weighted by Crippen LogP contribution is -2.22. The number of aryl methyl sites for hydroxylation is 1. The zero-order valence-corrected chi connectivity index (χ0v) is 14.8. The maximum absolute atomic E-state index is 12.6. The molecule has 1 N–H and O–H groups in total. The molecule has 130 valence electrons. The summed E-state index contributed by atoms with van der Waals surface area (Å²) in [4.78, 5) is 21.5. The van der Waals surface area contributed by atoms with Crippen LogP contribution in [0, 0.1) is 6.92 Å². The highest BCUT2D eigenvalue weighted by Gasteiger charge is 2.28. The molecule has 0 unspecified atom stereocenters. The van der Waals surface area contributed by atoms with Crippen molar-refractivity contribution < 1.29 is 4.79 Å². The van der Waals surface area contributed by atoms with Crippen molar-refractivity contribution in [3.05, 3.63) is 88.7 Å². The van der Waals surface area contributed by atoms with Crippen molar-refractivity contribution >= 4 is 11.7 Å². The molecule has 1 heterocycles. The molecule has 0 aliphatic heterocycles. The van der Waals surface area contributed by atoms with Crippen molar-refractivity contribution in [1.82, 2.24) is 9.97 Å². The third kappa shape index (κ3) is 3.36. The van der Waals surface area contributed by atoms with Crippen LogP contribution in [0.5, 0.6) is 0 Å². The standard InChI is InChI=1S/C22H21N3O/c1-15-7-5-6-10-18(15)17-11-20-19(21(26)12-17)14-24-22(25-20)23-13-16-8-3-2-4-9-16/h2-10,14,17H,11-13H2,1H3,(H,23,24,25)/t17-/m1/s1. The van der Waals surface area contributed by atoms with Crippen LogP contribution in [0.25, 0.3) is 0 Å². The van der Waals surface area contributed by atoms with E-state index in [4.69, 9.17) is 0 Å². The van der Waals surface area contributed by atoms with Crippen LogP contribution in [0.1, 0.15) is 45.1 Å². The molecule has 0 fully saturated rings. The number of fused-ring (bicyclic) bond motifs is 1. The van der Waals surface area contributed by atoms with Gasteiger partial charge in [-0.15, -0.1) is 0 Å². The van der Waals surface area contributed by atoms with Crippen LogP contribution in [0.4, 0.5) is 5.95 Å². The highest BCUT2D eigenvalue weighted by Crippen LogP contribution is 2.33. The van der Waals surface area contributed by atoms with Crippen LogP contribution in [0.15, 0.2) is 60.8 Å². The number of hydrogen-bond acceptors (Lipinski definition) is 4. The number of aromatic nitrogens is 2. The van der Waals surface area contributed by atoms with Crippen LogP contribution < -0.4 is 5.32 Å². The van der Waals surface area contributed by atoms with Crippen LogP contribution in [0.2, 0.25) is 0 Å². The molecule has 0 bridgehead atoms. The summed E-state index contributed by atoms with van der Waals surface area (Å²) in [5.74, 6) is 0.896. The fourth-order valence-corrected chi connectivity index (χ4v) is 3.57. The molecule has 4 nitrogen and oxygen atoms in total. The normalized spacial score (nSPS) is 16.2. The van der Waals surface area contributed by atoms with Gasteiger partial charge in [0.05, 0.1) is 11.3 Å². The van der Waals surface area contributed by atoms with Crippen molar-refractivity contribution in [2.45, 2.75) is 32.2 Å².